The molecule has 2 nitrogen and oxygen atoms in total. The quantitative estimate of drug-likeness (QED) is 0.885. The van der Waals surface area contributed by atoms with Crippen LogP contribution in [0.2, 0.25) is 0 Å². The molecule has 1 fully saturated rings. The Balaban J connectivity index is 2.42. The average Bonchev–Trinajstić information content (AvgIpc) is 2.38. The van der Waals surface area contributed by atoms with Crippen LogP contribution in [0, 0.1) is 0 Å². The maximum atomic E-state index is 13.5. The lowest BCUT2D eigenvalue weighted by atomic mass is 9.76. The zero-order valence-electron chi connectivity index (χ0n) is 11.2. The van der Waals surface area contributed by atoms with Gasteiger partial charge in [-0.05, 0) is 37.5 Å². The molecule has 1 aromatic rings. The van der Waals surface area contributed by atoms with Gasteiger partial charge in [-0.1, -0.05) is 25.3 Å². The zero-order chi connectivity index (χ0) is 13.2. The maximum Gasteiger partial charge on any atom is 0.123 e. The summed E-state index contributed by atoms with van der Waals surface area (Å²) >= 11 is 0. The number of nitrogens with two attached hydrogens (primary N) is 1. The molecule has 1 unspecified atom stereocenters. The molecule has 3 heteroatoms. The van der Waals surface area contributed by atoms with E-state index < -0.39 is 6.17 Å². The number of hydrogen-bond acceptors (Lipinski definition) is 2. The first-order valence-electron chi connectivity index (χ1n) is 6.68. The lowest BCUT2D eigenvalue weighted by Crippen LogP contribution is -2.39. The van der Waals surface area contributed by atoms with Crippen LogP contribution in [0.5, 0.6) is 5.75 Å². The van der Waals surface area contributed by atoms with Gasteiger partial charge in [0.05, 0.1) is 7.11 Å². The number of halogens is 1. The number of ether oxygens (including phenoxy) is 1. The largest absolute Gasteiger partial charge is 0.496 e. The molecular formula is C15H22FNO. The molecule has 2 N–H and O–H groups in total. The lowest BCUT2D eigenvalue weighted by molar-refractivity contribution is 0.287. The predicted molar refractivity (Wildman–Crippen MR) is 71.5 cm³/mol. The van der Waals surface area contributed by atoms with Crippen molar-refractivity contribution in [3.63, 3.8) is 0 Å². The molecule has 2 rings (SSSR count). The van der Waals surface area contributed by atoms with E-state index in [9.17, 15) is 4.39 Å². The first-order valence-corrected chi connectivity index (χ1v) is 6.68. The second-order valence-electron chi connectivity index (χ2n) is 5.29. The Labute approximate surface area is 108 Å². The fourth-order valence-corrected chi connectivity index (χ4v) is 2.81. The van der Waals surface area contributed by atoms with E-state index >= 15 is 0 Å². The average molecular weight is 251 g/mol. The van der Waals surface area contributed by atoms with Gasteiger partial charge in [0.2, 0.25) is 0 Å². The minimum Gasteiger partial charge on any atom is -0.496 e. The molecule has 0 amide bonds. The molecule has 18 heavy (non-hydrogen) atoms. The summed E-state index contributed by atoms with van der Waals surface area (Å²) in [6.07, 6.45) is 4.44. The van der Waals surface area contributed by atoms with Crippen LogP contribution >= 0.6 is 0 Å². The Bertz CT molecular complexity index is 411. The van der Waals surface area contributed by atoms with Crippen LogP contribution in [0.15, 0.2) is 18.2 Å². The van der Waals surface area contributed by atoms with Crippen molar-refractivity contribution in [2.45, 2.75) is 50.7 Å². The minimum absolute atomic E-state index is 0.353. The van der Waals surface area contributed by atoms with Crippen molar-refractivity contribution in [1.29, 1.82) is 0 Å². The number of methoxy groups -OCH3 is 1. The van der Waals surface area contributed by atoms with Crippen molar-refractivity contribution in [2.75, 3.05) is 7.11 Å². The van der Waals surface area contributed by atoms with Gasteiger partial charge >= 0.3 is 0 Å². The highest BCUT2D eigenvalue weighted by molar-refractivity contribution is 5.43. The van der Waals surface area contributed by atoms with E-state index in [1.807, 2.05) is 12.1 Å². The molecule has 1 saturated carbocycles. The van der Waals surface area contributed by atoms with Gasteiger partial charge in [0.1, 0.15) is 11.9 Å². The molecule has 100 valence electrons. The fraction of sp³-hybridized carbons (Fsp3) is 0.600. The van der Waals surface area contributed by atoms with Crippen LogP contribution in [-0.2, 0) is 5.54 Å². The van der Waals surface area contributed by atoms with E-state index in [4.69, 9.17) is 10.5 Å². The Kier molecular flexibility index (Phi) is 3.91. The van der Waals surface area contributed by atoms with Gasteiger partial charge in [-0.2, -0.15) is 0 Å². The summed E-state index contributed by atoms with van der Waals surface area (Å²) in [4.78, 5) is 0. The van der Waals surface area contributed by atoms with E-state index in [1.54, 1.807) is 20.1 Å². The second-order valence-corrected chi connectivity index (χ2v) is 5.29. The van der Waals surface area contributed by atoms with Crippen LogP contribution in [0.4, 0.5) is 4.39 Å². The van der Waals surface area contributed by atoms with Crippen molar-refractivity contribution in [1.82, 2.24) is 0 Å². The van der Waals surface area contributed by atoms with Gasteiger partial charge in [0, 0.05) is 11.1 Å². The summed E-state index contributed by atoms with van der Waals surface area (Å²) < 4.78 is 18.9. The number of alkyl halides is 1. The molecule has 1 atom stereocenters. The fourth-order valence-electron chi connectivity index (χ4n) is 2.81. The predicted octanol–water partition coefficient (Wildman–Crippen LogP) is 3.84. The maximum absolute atomic E-state index is 13.5. The molecule has 0 spiro atoms. The highest BCUT2D eigenvalue weighted by Gasteiger charge is 2.32. The number of rotatable bonds is 3. The number of hydrogen-bond donors (Lipinski definition) is 1. The Morgan fingerprint density at radius 1 is 1.28 bits per heavy atom. The van der Waals surface area contributed by atoms with Crippen molar-refractivity contribution in [2.24, 2.45) is 5.73 Å². The summed E-state index contributed by atoms with van der Waals surface area (Å²) in [6.45, 7) is 1.55. The third kappa shape index (κ3) is 2.51. The summed E-state index contributed by atoms with van der Waals surface area (Å²) in [7, 11) is 1.64. The molecule has 0 heterocycles. The van der Waals surface area contributed by atoms with Gasteiger partial charge in [-0.15, -0.1) is 0 Å². The van der Waals surface area contributed by atoms with Gasteiger partial charge in [-0.3, -0.25) is 0 Å². The van der Waals surface area contributed by atoms with Crippen LogP contribution < -0.4 is 10.5 Å². The minimum atomic E-state index is -0.971. The van der Waals surface area contributed by atoms with Crippen LogP contribution in [0.1, 0.15) is 56.3 Å². The van der Waals surface area contributed by atoms with Crippen molar-refractivity contribution < 1.29 is 9.13 Å². The Morgan fingerprint density at radius 2 is 1.94 bits per heavy atom. The first kappa shape index (κ1) is 13.3. The van der Waals surface area contributed by atoms with E-state index in [0.29, 0.717) is 5.56 Å². The molecule has 1 aliphatic carbocycles. The summed E-state index contributed by atoms with van der Waals surface area (Å²) in [5, 5.41) is 0. The molecule has 0 saturated heterocycles. The van der Waals surface area contributed by atoms with Gasteiger partial charge in [-0.25, -0.2) is 4.39 Å². The first-order chi connectivity index (χ1) is 8.57. The monoisotopic (exact) mass is 251 g/mol. The Morgan fingerprint density at radius 3 is 2.50 bits per heavy atom. The summed E-state index contributed by atoms with van der Waals surface area (Å²) in [5.74, 6) is 0.781. The summed E-state index contributed by atoms with van der Waals surface area (Å²) in [5.41, 5.74) is 7.82. The summed E-state index contributed by atoms with van der Waals surface area (Å²) in [6, 6.07) is 5.50. The molecule has 1 aliphatic rings. The van der Waals surface area contributed by atoms with E-state index in [2.05, 4.69) is 0 Å². The van der Waals surface area contributed by atoms with Crippen LogP contribution in [0.3, 0.4) is 0 Å². The molecule has 0 aromatic heterocycles. The Hall–Kier alpha value is -1.09. The van der Waals surface area contributed by atoms with Crippen molar-refractivity contribution in [3.05, 3.63) is 29.3 Å². The SMILES string of the molecule is COc1ccc(C(C)F)cc1C1(N)CCCCC1. The molecule has 0 aliphatic heterocycles. The van der Waals surface area contributed by atoms with Crippen molar-refractivity contribution in [3.8, 4) is 5.75 Å². The van der Waals surface area contributed by atoms with E-state index in [-0.39, 0.29) is 5.54 Å². The van der Waals surface area contributed by atoms with Crippen LogP contribution in [0.25, 0.3) is 0 Å². The highest BCUT2D eigenvalue weighted by atomic mass is 19.1. The van der Waals surface area contributed by atoms with Gasteiger partial charge in [0.15, 0.2) is 0 Å². The molecular weight excluding hydrogens is 229 g/mol. The molecule has 0 radical (unpaired) electrons. The standard InChI is InChI=1S/C15H22FNO/c1-11(16)12-6-7-14(18-2)13(10-12)15(17)8-4-3-5-9-15/h6-7,10-11H,3-5,8-9,17H2,1-2H3. The number of benzene rings is 1. The lowest BCUT2D eigenvalue weighted by Gasteiger charge is -2.35. The zero-order valence-corrected chi connectivity index (χ0v) is 11.2. The second kappa shape index (κ2) is 5.27. The van der Waals surface area contributed by atoms with E-state index in [1.165, 1.54) is 6.42 Å². The van der Waals surface area contributed by atoms with Crippen LogP contribution in [-0.4, -0.2) is 7.11 Å². The smallest absolute Gasteiger partial charge is 0.123 e. The molecule has 1 aromatic carbocycles. The highest BCUT2D eigenvalue weighted by Crippen LogP contribution is 2.40. The van der Waals surface area contributed by atoms with E-state index in [0.717, 1.165) is 37.0 Å². The van der Waals surface area contributed by atoms with Gasteiger partial charge < -0.3 is 10.5 Å². The molecule has 0 bridgehead atoms. The third-order valence-electron chi connectivity index (χ3n) is 3.97. The topological polar surface area (TPSA) is 35.2 Å². The normalized spacial score (nSPS) is 20.4. The third-order valence-corrected chi connectivity index (χ3v) is 3.97. The van der Waals surface area contributed by atoms with Crippen molar-refractivity contribution >= 4 is 0 Å². The van der Waals surface area contributed by atoms with Gasteiger partial charge in [0.25, 0.3) is 0 Å².